The Morgan fingerprint density at radius 2 is 1.67 bits per heavy atom. The minimum absolute atomic E-state index is 0.0529. The Bertz CT molecular complexity index is 596. The molecule has 0 saturated carbocycles. The fourth-order valence-electron chi connectivity index (χ4n) is 2.09. The Balaban J connectivity index is 1.97. The number of hydrogen-bond donors (Lipinski definition) is 3. The molecule has 21 heavy (non-hydrogen) atoms. The Kier molecular flexibility index (Phi) is 4.95. The van der Waals surface area contributed by atoms with Crippen molar-refractivity contribution in [2.24, 2.45) is 5.73 Å². The van der Waals surface area contributed by atoms with Crippen LogP contribution in [0.2, 0.25) is 0 Å². The molecule has 0 heterocycles. The first-order chi connectivity index (χ1) is 10.1. The van der Waals surface area contributed by atoms with Crippen molar-refractivity contribution in [3.63, 3.8) is 0 Å². The summed E-state index contributed by atoms with van der Waals surface area (Å²) in [6, 6.07) is 17.1. The minimum Gasteiger partial charge on any atom is -0.331 e. The van der Waals surface area contributed by atoms with Crippen molar-refractivity contribution in [2.75, 3.05) is 5.32 Å². The molecule has 2 amide bonds. The van der Waals surface area contributed by atoms with Crippen molar-refractivity contribution in [2.45, 2.75) is 25.9 Å². The molecule has 0 aliphatic carbocycles. The molecule has 2 rings (SSSR count). The summed E-state index contributed by atoms with van der Waals surface area (Å²) in [6.07, 6.45) is 0. The van der Waals surface area contributed by atoms with E-state index >= 15 is 0 Å². The molecule has 0 saturated heterocycles. The van der Waals surface area contributed by atoms with Crippen LogP contribution in [-0.2, 0) is 0 Å². The van der Waals surface area contributed by atoms with Gasteiger partial charge in [-0.2, -0.15) is 0 Å². The summed E-state index contributed by atoms with van der Waals surface area (Å²) in [5, 5.41) is 5.74. The van der Waals surface area contributed by atoms with E-state index in [1.54, 1.807) is 0 Å². The standard InChI is InChI=1S/C17H21N3O/c1-12(18)15-9-6-10-16(11-15)20-17(21)19-13(2)14-7-4-3-5-8-14/h3-13H,18H2,1-2H3,(H2,19,20,21). The van der Waals surface area contributed by atoms with Crippen molar-refractivity contribution in [3.05, 3.63) is 65.7 Å². The summed E-state index contributed by atoms with van der Waals surface area (Å²) in [7, 11) is 0. The number of carbonyl (C=O) groups excluding carboxylic acids is 1. The van der Waals surface area contributed by atoms with E-state index in [1.807, 2.05) is 68.4 Å². The average Bonchev–Trinajstić information content (AvgIpc) is 2.48. The Hall–Kier alpha value is -2.33. The van der Waals surface area contributed by atoms with E-state index in [1.165, 1.54) is 0 Å². The molecule has 2 aromatic carbocycles. The smallest absolute Gasteiger partial charge is 0.319 e. The maximum atomic E-state index is 12.0. The van der Waals surface area contributed by atoms with Gasteiger partial charge in [-0.25, -0.2) is 4.79 Å². The lowest BCUT2D eigenvalue weighted by molar-refractivity contribution is 0.249. The van der Waals surface area contributed by atoms with Gasteiger partial charge < -0.3 is 16.4 Å². The Morgan fingerprint density at radius 3 is 2.33 bits per heavy atom. The Labute approximate surface area is 125 Å². The van der Waals surface area contributed by atoms with E-state index in [0.29, 0.717) is 0 Å². The second-order valence-electron chi connectivity index (χ2n) is 5.14. The quantitative estimate of drug-likeness (QED) is 0.802. The van der Waals surface area contributed by atoms with Gasteiger partial charge >= 0.3 is 6.03 Å². The minimum atomic E-state index is -0.229. The predicted octanol–water partition coefficient (Wildman–Crippen LogP) is 3.59. The number of amides is 2. The first kappa shape index (κ1) is 15.1. The zero-order valence-corrected chi connectivity index (χ0v) is 12.3. The molecule has 110 valence electrons. The molecule has 4 nitrogen and oxygen atoms in total. The molecular weight excluding hydrogens is 262 g/mol. The molecule has 2 atom stereocenters. The lowest BCUT2D eigenvalue weighted by Crippen LogP contribution is -2.31. The van der Waals surface area contributed by atoms with Crippen LogP contribution in [0.1, 0.15) is 37.1 Å². The number of carbonyl (C=O) groups is 1. The topological polar surface area (TPSA) is 67.1 Å². The highest BCUT2D eigenvalue weighted by Crippen LogP contribution is 2.16. The molecule has 0 aromatic heterocycles. The van der Waals surface area contributed by atoms with Gasteiger partial charge in [0.15, 0.2) is 0 Å². The summed E-state index contributed by atoms with van der Waals surface area (Å²) in [6.45, 7) is 3.87. The first-order valence-corrected chi connectivity index (χ1v) is 7.04. The van der Waals surface area contributed by atoms with Crippen LogP contribution in [0, 0.1) is 0 Å². The van der Waals surface area contributed by atoms with Gasteiger partial charge in [-0.15, -0.1) is 0 Å². The van der Waals surface area contributed by atoms with Gasteiger partial charge in [0, 0.05) is 11.7 Å². The zero-order chi connectivity index (χ0) is 15.2. The van der Waals surface area contributed by atoms with Crippen LogP contribution in [0.15, 0.2) is 54.6 Å². The third kappa shape index (κ3) is 4.33. The molecule has 0 radical (unpaired) electrons. The van der Waals surface area contributed by atoms with Crippen LogP contribution in [0.4, 0.5) is 10.5 Å². The molecule has 0 aliphatic rings. The van der Waals surface area contributed by atoms with E-state index < -0.39 is 0 Å². The highest BCUT2D eigenvalue weighted by atomic mass is 16.2. The van der Waals surface area contributed by atoms with Crippen molar-refractivity contribution in [3.8, 4) is 0 Å². The maximum Gasteiger partial charge on any atom is 0.319 e. The van der Waals surface area contributed by atoms with Gasteiger partial charge in [-0.3, -0.25) is 0 Å². The van der Waals surface area contributed by atoms with Gasteiger partial charge in [0.05, 0.1) is 6.04 Å². The zero-order valence-electron chi connectivity index (χ0n) is 12.3. The number of rotatable bonds is 4. The van der Waals surface area contributed by atoms with Gasteiger partial charge in [-0.05, 0) is 37.1 Å². The normalized spacial score (nSPS) is 13.3. The number of benzene rings is 2. The van der Waals surface area contributed by atoms with Crippen molar-refractivity contribution < 1.29 is 4.79 Å². The molecule has 0 aliphatic heterocycles. The maximum absolute atomic E-state index is 12.0. The lowest BCUT2D eigenvalue weighted by Gasteiger charge is -2.15. The van der Waals surface area contributed by atoms with Crippen LogP contribution in [0.25, 0.3) is 0 Å². The number of urea groups is 1. The van der Waals surface area contributed by atoms with E-state index in [2.05, 4.69) is 10.6 Å². The predicted molar refractivity (Wildman–Crippen MR) is 86.1 cm³/mol. The van der Waals surface area contributed by atoms with Crippen molar-refractivity contribution >= 4 is 11.7 Å². The van der Waals surface area contributed by atoms with Gasteiger partial charge in [0.25, 0.3) is 0 Å². The molecular formula is C17H21N3O. The summed E-state index contributed by atoms with van der Waals surface area (Å²) in [5.74, 6) is 0. The summed E-state index contributed by atoms with van der Waals surface area (Å²) < 4.78 is 0. The second-order valence-corrected chi connectivity index (χ2v) is 5.14. The van der Waals surface area contributed by atoms with E-state index in [0.717, 1.165) is 16.8 Å². The lowest BCUT2D eigenvalue weighted by atomic mass is 10.1. The van der Waals surface area contributed by atoms with E-state index in [9.17, 15) is 4.79 Å². The van der Waals surface area contributed by atoms with Crippen LogP contribution in [-0.4, -0.2) is 6.03 Å². The van der Waals surface area contributed by atoms with E-state index in [-0.39, 0.29) is 18.1 Å². The fraction of sp³-hybridized carbons (Fsp3) is 0.235. The third-order valence-corrected chi connectivity index (χ3v) is 3.32. The van der Waals surface area contributed by atoms with Crippen LogP contribution >= 0.6 is 0 Å². The molecule has 4 N–H and O–H groups in total. The highest BCUT2D eigenvalue weighted by molar-refractivity contribution is 5.89. The van der Waals surface area contributed by atoms with Crippen LogP contribution in [0.5, 0.6) is 0 Å². The summed E-state index contributed by atoms with van der Waals surface area (Å²) >= 11 is 0. The SMILES string of the molecule is CC(N)c1cccc(NC(=O)NC(C)c2ccccc2)c1. The van der Waals surface area contributed by atoms with Crippen molar-refractivity contribution in [1.82, 2.24) is 5.32 Å². The summed E-state index contributed by atoms with van der Waals surface area (Å²) in [4.78, 5) is 12.0. The largest absolute Gasteiger partial charge is 0.331 e. The van der Waals surface area contributed by atoms with Gasteiger partial charge in [0.2, 0.25) is 0 Å². The molecule has 2 unspecified atom stereocenters. The number of nitrogens with two attached hydrogens (primary N) is 1. The van der Waals surface area contributed by atoms with Gasteiger partial charge in [0.1, 0.15) is 0 Å². The highest BCUT2D eigenvalue weighted by Gasteiger charge is 2.09. The van der Waals surface area contributed by atoms with E-state index in [4.69, 9.17) is 5.73 Å². The van der Waals surface area contributed by atoms with Gasteiger partial charge in [-0.1, -0.05) is 42.5 Å². The van der Waals surface area contributed by atoms with Crippen molar-refractivity contribution in [1.29, 1.82) is 0 Å². The number of nitrogens with one attached hydrogen (secondary N) is 2. The molecule has 4 heteroatoms. The monoisotopic (exact) mass is 283 g/mol. The number of anilines is 1. The molecule has 2 aromatic rings. The third-order valence-electron chi connectivity index (χ3n) is 3.32. The fourth-order valence-corrected chi connectivity index (χ4v) is 2.09. The second kappa shape index (κ2) is 6.90. The first-order valence-electron chi connectivity index (χ1n) is 7.04. The van der Waals surface area contributed by atoms with Crippen LogP contribution < -0.4 is 16.4 Å². The molecule has 0 bridgehead atoms. The average molecular weight is 283 g/mol. The molecule has 0 fully saturated rings. The molecule has 0 spiro atoms. The summed E-state index contributed by atoms with van der Waals surface area (Å²) in [5.41, 5.74) is 8.64. The number of hydrogen-bond acceptors (Lipinski definition) is 2. The van der Waals surface area contributed by atoms with Crippen LogP contribution in [0.3, 0.4) is 0 Å². The Morgan fingerprint density at radius 1 is 1.00 bits per heavy atom.